The fourth-order valence-electron chi connectivity index (χ4n) is 1.45. The van der Waals surface area contributed by atoms with Crippen molar-refractivity contribution in [3.63, 3.8) is 0 Å². The molecule has 0 saturated carbocycles. The molecule has 0 aliphatic rings. The van der Waals surface area contributed by atoms with Gasteiger partial charge in [0.15, 0.2) is 0 Å². The molecule has 10 heteroatoms. The molecule has 0 saturated heterocycles. The zero-order valence-corrected chi connectivity index (χ0v) is 14.0. The zero-order chi connectivity index (χ0) is 15.7. The van der Waals surface area contributed by atoms with Gasteiger partial charge in [-0.1, -0.05) is 42.5 Å². The molecule has 2 aromatic carbocycles. The average Bonchev–Trinajstić information content (AvgIpc) is 2.46. The standard InChI is InChI=1S/C14H12O3.BO3.3Li/c15-13-9-5-4-8-12(13)14(16)17-10-11-6-2-1-3-7-11;2-1(3)4;;;/h1-9,15H,10H2;;;;/q;-3;3*+1. The van der Waals surface area contributed by atoms with Crippen LogP contribution in [-0.2, 0) is 11.3 Å². The first-order valence-electron chi connectivity index (χ1n) is 5.97. The third kappa shape index (κ3) is 11.9. The van der Waals surface area contributed by atoms with Gasteiger partial charge in [0.25, 0.3) is 0 Å². The van der Waals surface area contributed by atoms with Gasteiger partial charge in [-0.2, -0.15) is 0 Å². The molecule has 0 heterocycles. The number of carbonyl (C=O) groups excluding carboxylic acids is 1. The van der Waals surface area contributed by atoms with E-state index in [1.165, 1.54) is 12.1 Å². The molecule has 110 valence electrons. The van der Waals surface area contributed by atoms with E-state index in [1.54, 1.807) is 12.1 Å². The Kier molecular flexibility index (Phi) is 18.8. The van der Waals surface area contributed by atoms with Crippen molar-refractivity contribution in [2.45, 2.75) is 6.61 Å². The van der Waals surface area contributed by atoms with Gasteiger partial charge in [-0.25, -0.2) is 4.79 Å². The number of phenolic OH excluding ortho intramolecular Hbond substituents is 1. The van der Waals surface area contributed by atoms with Crippen molar-refractivity contribution in [1.29, 1.82) is 0 Å². The summed E-state index contributed by atoms with van der Waals surface area (Å²) in [5.74, 6) is -0.586. The van der Waals surface area contributed by atoms with E-state index in [-0.39, 0.29) is 74.5 Å². The Labute approximate surface area is 176 Å². The maximum atomic E-state index is 11.7. The van der Waals surface area contributed by atoms with Crippen molar-refractivity contribution < 1.29 is 86.3 Å². The van der Waals surface area contributed by atoms with Gasteiger partial charge in [-0.15, -0.1) is 0 Å². The predicted molar refractivity (Wildman–Crippen MR) is 69.4 cm³/mol. The predicted octanol–water partition coefficient (Wildman–Crippen LogP) is -10.2. The van der Waals surface area contributed by atoms with E-state index >= 15 is 0 Å². The van der Waals surface area contributed by atoms with Gasteiger partial charge >= 0.3 is 62.6 Å². The zero-order valence-electron chi connectivity index (χ0n) is 14.0. The Morgan fingerprint density at radius 1 is 0.917 bits per heavy atom. The minimum Gasteiger partial charge on any atom is -0.907 e. The first kappa shape index (κ1) is 28.3. The van der Waals surface area contributed by atoms with Crippen molar-refractivity contribution in [3.05, 3.63) is 65.7 Å². The summed E-state index contributed by atoms with van der Waals surface area (Å²) in [5.41, 5.74) is 1.10. The molecule has 0 fully saturated rings. The molecule has 1 N–H and O–H groups in total. The molecule has 24 heavy (non-hydrogen) atoms. The Morgan fingerprint density at radius 3 is 1.88 bits per heavy atom. The number of carbonyl (C=O) groups is 1. The number of benzene rings is 2. The molecular weight excluding hydrogens is 296 g/mol. The van der Waals surface area contributed by atoms with Crippen LogP contribution in [-0.4, -0.2) is 18.4 Å². The minimum atomic E-state index is -2.92. The molecule has 0 unspecified atom stereocenters. The molecule has 0 amide bonds. The van der Waals surface area contributed by atoms with Crippen LogP contribution in [0.3, 0.4) is 0 Å². The van der Waals surface area contributed by atoms with Crippen LogP contribution >= 0.6 is 0 Å². The van der Waals surface area contributed by atoms with Gasteiger partial charge in [-0.3, -0.25) is 7.32 Å². The molecule has 0 aliphatic heterocycles. The SMILES string of the molecule is O=C(OCc1ccccc1)c1ccccc1O.[Li+].[Li+].[Li+].[O-]B([O-])[O-]. The fraction of sp³-hybridized carbons (Fsp3) is 0.0714. The topological polar surface area (TPSA) is 116 Å². The Balaban J connectivity index is -0.000000571. The van der Waals surface area contributed by atoms with Crippen molar-refractivity contribution in [2.75, 3.05) is 0 Å². The van der Waals surface area contributed by atoms with Gasteiger partial charge in [0, 0.05) is 0 Å². The molecule has 0 radical (unpaired) electrons. The summed E-state index contributed by atoms with van der Waals surface area (Å²) in [7, 11) is -2.92. The number of para-hydroxylation sites is 1. The summed E-state index contributed by atoms with van der Waals surface area (Å²) >= 11 is 0. The summed E-state index contributed by atoms with van der Waals surface area (Å²) in [6, 6.07) is 15.7. The third-order valence-electron chi connectivity index (χ3n) is 2.34. The normalized spacial score (nSPS) is 8.12. The molecule has 0 bridgehead atoms. The largest absolute Gasteiger partial charge is 1.00 e. The number of aromatic hydroxyl groups is 1. The van der Waals surface area contributed by atoms with Crippen LogP contribution in [0.1, 0.15) is 15.9 Å². The number of rotatable bonds is 3. The van der Waals surface area contributed by atoms with Gasteiger partial charge in [0.05, 0.1) is 0 Å². The monoisotopic (exact) mass is 308 g/mol. The Hall–Kier alpha value is -0.553. The minimum absolute atomic E-state index is 0. The summed E-state index contributed by atoms with van der Waals surface area (Å²) in [5, 5.41) is 34.7. The molecule has 6 nitrogen and oxygen atoms in total. The maximum absolute atomic E-state index is 11.7. The van der Waals surface area contributed by atoms with Gasteiger partial charge in [0.2, 0.25) is 0 Å². The number of ether oxygens (including phenoxy) is 1. The summed E-state index contributed by atoms with van der Waals surface area (Å²) in [4.78, 5) is 11.7. The third-order valence-corrected chi connectivity index (χ3v) is 2.34. The number of esters is 1. The number of hydrogen-bond donors (Lipinski definition) is 1. The Morgan fingerprint density at radius 2 is 1.38 bits per heavy atom. The van der Waals surface area contributed by atoms with Crippen molar-refractivity contribution in [3.8, 4) is 5.75 Å². The number of hydrogen-bond acceptors (Lipinski definition) is 6. The van der Waals surface area contributed by atoms with Crippen LogP contribution in [0.25, 0.3) is 0 Å². The second-order valence-corrected chi connectivity index (χ2v) is 3.87. The van der Waals surface area contributed by atoms with Crippen LogP contribution in [0.15, 0.2) is 54.6 Å². The van der Waals surface area contributed by atoms with Crippen molar-refractivity contribution >= 4 is 13.3 Å². The van der Waals surface area contributed by atoms with Gasteiger partial charge in [-0.05, 0) is 17.7 Å². The van der Waals surface area contributed by atoms with E-state index in [9.17, 15) is 9.90 Å². The fourth-order valence-corrected chi connectivity index (χ4v) is 1.45. The first-order valence-corrected chi connectivity index (χ1v) is 5.97. The molecule has 0 spiro atoms. The smallest absolute Gasteiger partial charge is 0.907 e. The van der Waals surface area contributed by atoms with E-state index in [4.69, 9.17) is 19.8 Å². The molecular formula is C14H12BLi3O6. The van der Waals surface area contributed by atoms with Crippen molar-refractivity contribution in [1.82, 2.24) is 0 Å². The summed E-state index contributed by atoms with van der Waals surface area (Å²) in [6.45, 7) is 0.202. The van der Waals surface area contributed by atoms with E-state index in [2.05, 4.69) is 0 Å². The Bertz CT molecular complexity index is 569. The van der Waals surface area contributed by atoms with Crippen molar-refractivity contribution in [2.24, 2.45) is 0 Å². The average molecular weight is 308 g/mol. The second-order valence-electron chi connectivity index (χ2n) is 3.87. The van der Waals surface area contributed by atoms with Crippen LogP contribution in [0.2, 0.25) is 0 Å². The van der Waals surface area contributed by atoms with Gasteiger partial charge < -0.3 is 24.9 Å². The molecule has 2 aromatic rings. The maximum Gasteiger partial charge on any atom is 1.00 e. The van der Waals surface area contributed by atoms with E-state index in [0.717, 1.165) is 5.56 Å². The molecule has 0 aliphatic carbocycles. The molecule has 0 aromatic heterocycles. The van der Waals surface area contributed by atoms with Crippen LogP contribution < -0.4 is 71.7 Å². The molecule has 2 rings (SSSR count). The van der Waals surface area contributed by atoms with E-state index in [0.29, 0.717) is 0 Å². The second kappa shape index (κ2) is 15.9. The van der Waals surface area contributed by atoms with E-state index in [1.807, 2.05) is 30.3 Å². The van der Waals surface area contributed by atoms with Gasteiger partial charge in [0.1, 0.15) is 17.9 Å². The summed E-state index contributed by atoms with van der Waals surface area (Å²) < 4.78 is 5.10. The number of phenols is 1. The molecule has 0 atom stereocenters. The van der Waals surface area contributed by atoms with Crippen LogP contribution in [0.4, 0.5) is 0 Å². The summed E-state index contributed by atoms with van der Waals surface area (Å²) in [6.07, 6.45) is 0. The van der Waals surface area contributed by atoms with E-state index < -0.39 is 13.3 Å². The quantitative estimate of drug-likeness (QED) is 0.445. The van der Waals surface area contributed by atoms with Crippen LogP contribution in [0, 0.1) is 0 Å². The van der Waals surface area contributed by atoms with Crippen LogP contribution in [0.5, 0.6) is 5.75 Å². The first-order chi connectivity index (χ1) is 10.0.